The van der Waals surface area contributed by atoms with Crippen LogP contribution in [0.25, 0.3) is 6.08 Å². The van der Waals surface area contributed by atoms with Crippen molar-refractivity contribution in [3.05, 3.63) is 64.6 Å². The summed E-state index contributed by atoms with van der Waals surface area (Å²) in [6, 6.07) is 13.6. The van der Waals surface area contributed by atoms with Crippen molar-refractivity contribution in [3.8, 4) is 11.5 Å². The predicted molar refractivity (Wildman–Crippen MR) is 98.1 cm³/mol. The fraction of sp³-hybridized carbons (Fsp3) is 0.105. The Balaban J connectivity index is 1.85. The van der Waals surface area contributed by atoms with Crippen molar-refractivity contribution in [3.63, 3.8) is 0 Å². The van der Waals surface area contributed by atoms with Gasteiger partial charge in [-0.25, -0.2) is 4.79 Å². The Morgan fingerprint density at radius 1 is 1.12 bits per heavy atom. The van der Waals surface area contributed by atoms with Gasteiger partial charge in [-0.3, -0.25) is 14.9 Å². The van der Waals surface area contributed by atoms with Crippen LogP contribution in [-0.4, -0.2) is 23.7 Å². The SMILES string of the molecule is CCOc1cc(C=C2SC(=O)NC2=O)ccc1OC(=O)c1ccccc1. The lowest BCUT2D eigenvalue weighted by Crippen LogP contribution is -2.17. The van der Waals surface area contributed by atoms with Gasteiger partial charge in [-0.05, 0) is 54.6 Å². The Kier molecular flexibility index (Phi) is 5.38. The van der Waals surface area contributed by atoms with Crippen molar-refractivity contribution in [1.29, 1.82) is 0 Å². The van der Waals surface area contributed by atoms with Crippen LogP contribution in [0.15, 0.2) is 53.4 Å². The number of benzene rings is 2. The normalized spacial score (nSPS) is 15.0. The summed E-state index contributed by atoms with van der Waals surface area (Å²) < 4.78 is 11.0. The molecule has 1 fully saturated rings. The van der Waals surface area contributed by atoms with E-state index in [4.69, 9.17) is 9.47 Å². The molecule has 0 spiro atoms. The third-order valence-electron chi connectivity index (χ3n) is 3.42. The number of hydrogen-bond acceptors (Lipinski definition) is 6. The molecule has 0 radical (unpaired) electrons. The van der Waals surface area contributed by atoms with Crippen LogP contribution in [0.5, 0.6) is 11.5 Å². The third kappa shape index (κ3) is 4.12. The molecule has 26 heavy (non-hydrogen) atoms. The molecule has 2 aromatic rings. The minimum absolute atomic E-state index is 0.280. The fourth-order valence-corrected chi connectivity index (χ4v) is 2.95. The number of ether oxygens (including phenoxy) is 2. The highest BCUT2D eigenvalue weighted by atomic mass is 32.2. The van der Waals surface area contributed by atoms with E-state index >= 15 is 0 Å². The summed E-state index contributed by atoms with van der Waals surface area (Å²) in [5.41, 5.74) is 1.08. The summed E-state index contributed by atoms with van der Waals surface area (Å²) in [6.45, 7) is 2.19. The Labute approximate surface area is 154 Å². The number of hydrogen-bond donors (Lipinski definition) is 1. The molecule has 0 aliphatic carbocycles. The van der Waals surface area contributed by atoms with E-state index in [1.165, 1.54) is 0 Å². The first-order valence-corrected chi connectivity index (χ1v) is 8.67. The number of nitrogens with one attached hydrogen (secondary N) is 1. The summed E-state index contributed by atoms with van der Waals surface area (Å²) in [6.07, 6.45) is 1.58. The molecule has 2 aromatic carbocycles. The predicted octanol–water partition coefficient (Wildman–Crippen LogP) is 3.63. The Hall–Kier alpha value is -3.06. The van der Waals surface area contributed by atoms with Crippen molar-refractivity contribution in [2.24, 2.45) is 0 Å². The summed E-state index contributed by atoms with van der Waals surface area (Å²) in [5.74, 6) is -0.269. The molecule has 3 rings (SSSR count). The number of esters is 1. The molecule has 1 aliphatic heterocycles. The molecule has 0 atom stereocenters. The molecule has 7 heteroatoms. The molecular formula is C19H15NO5S. The van der Waals surface area contributed by atoms with E-state index < -0.39 is 17.1 Å². The van der Waals surface area contributed by atoms with Crippen LogP contribution in [-0.2, 0) is 4.79 Å². The maximum atomic E-state index is 12.2. The van der Waals surface area contributed by atoms with E-state index in [1.54, 1.807) is 48.5 Å². The zero-order valence-corrected chi connectivity index (χ0v) is 14.7. The zero-order valence-electron chi connectivity index (χ0n) is 13.9. The molecule has 132 valence electrons. The zero-order chi connectivity index (χ0) is 18.5. The van der Waals surface area contributed by atoms with E-state index in [0.29, 0.717) is 28.4 Å². The minimum Gasteiger partial charge on any atom is -0.490 e. The number of carbonyl (C=O) groups is 3. The Morgan fingerprint density at radius 2 is 1.88 bits per heavy atom. The standard InChI is InChI=1S/C19H15NO5S/c1-2-24-15-10-12(11-16-17(21)20-19(23)26-16)8-9-14(15)25-18(22)13-6-4-3-5-7-13/h3-11H,2H2,1H3,(H,20,21,23). The maximum Gasteiger partial charge on any atom is 0.343 e. The highest BCUT2D eigenvalue weighted by Crippen LogP contribution is 2.32. The summed E-state index contributed by atoms with van der Waals surface area (Å²) in [7, 11) is 0. The Morgan fingerprint density at radius 3 is 2.54 bits per heavy atom. The van der Waals surface area contributed by atoms with Gasteiger partial charge in [0.25, 0.3) is 11.1 Å². The molecule has 1 saturated heterocycles. The molecule has 0 bridgehead atoms. The molecule has 2 amide bonds. The summed E-state index contributed by atoms with van der Waals surface area (Å²) in [5, 5.41) is 1.80. The van der Waals surface area contributed by atoms with Crippen molar-refractivity contribution < 1.29 is 23.9 Å². The van der Waals surface area contributed by atoms with Gasteiger partial charge in [-0.2, -0.15) is 0 Å². The van der Waals surface area contributed by atoms with E-state index in [0.717, 1.165) is 11.8 Å². The first-order valence-electron chi connectivity index (χ1n) is 7.85. The van der Waals surface area contributed by atoms with E-state index in [1.807, 2.05) is 13.0 Å². The lowest BCUT2D eigenvalue weighted by molar-refractivity contribution is -0.115. The van der Waals surface area contributed by atoms with Crippen LogP contribution in [0.3, 0.4) is 0 Å². The van der Waals surface area contributed by atoms with Gasteiger partial charge in [0.15, 0.2) is 11.5 Å². The van der Waals surface area contributed by atoms with E-state index in [-0.39, 0.29) is 5.75 Å². The van der Waals surface area contributed by atoms with Crippen molar-refractivity contribution >= 4 is 35.0 Å². The monoisotopic (exact) mass is 369 g/mol. The van der Waals surface area contributed by atoms with Gasteiger partial charge in [0, 0.05) is 0 Å². The van der Waals surface area contributed by atoms with Crippen LogP contribution >= 0.6 is 11.8 Å². The van der Waals surface area contributed by atoms with Crippen LogP contribution < -0.4 is 14.8 Å². The molecule has 6 nitrogen and oxygen atoms in total. The first-order chi connectivity index (χ1) is 12.6. The molecule has 0 aromatic heterocycles. The Bertz CT molecular complexity index is 892. The smallest absolute Gasteiger partial charge is 0.343 e. The van der Waals surface area contributed by atoms with E-state index in [9.17, 15) is 14.4 Å². The quantitative estimate of drug-likeness (QED) is 0.492. The number of rotatable bonds is 5. The second kappa shape index (κ2) is 7.88. The number of carbonyl (C=O) groups excluding carboxylic acids is 3. The number of amides is 2. The van der Waals surface area contributed by atoms with Crippen LogP contribution in [0.2, 0.25) is 0 Å². The van der Waals surface area contributed by atoms with Gasteiger partial charge in [0.1, 0.15) is 0 Å². The van der Waals surface area contributed by atoms with Crippen molar-refractivity contribution in [2.75, 3.05) is 6.61 Å². The van der Waals surface area contributed by atoms with Crippen molar-refractivity contribution in [2.45, 2.75) is 6.92 Å². The maximum absolute atomic E-state index is 12.2. The minimum atomic E-state index is -0.492. The average Bonchev–Trinajstić information content (AvgIpc) is 2.95. The average molecular weight is 369 g/mol. The number of thioether (sulfide) groups is 1. The molecule has 1 aliphatic rings. The van der Waals surface area contributed by atoms with E-state index in [2.05, 4.69) is 5.32 Å². The van der Waals surface area contributed by atoms with Gasteiger partial charge in [0.2, 0.25) is 0 Å². The van der Waals surface area contributed by atoms with Crippen LogP contribution in [0.1, 0.15) is 22.8 Å². The van der Waals surface area contributed by atoms with Gasteiger partial charge >= 0.3 is 5.97 Å². The fourth-order valence-electron chi connectivity index (χ4n) is 2.27. The van der Waals surface area contributed by atoms with Crippen molar-refractivity contribution in [1.82, 2.24) is 5.32 Å². The van der Waals surface area contributed by atoms with Gasteiger partial charge in [-0.1, -0.05) is 24.3 Å². The largest absolute Gasteiger partial charge is 0.490 e. The molecule has 0 unspecified atom stereocenters. The second-order valence-electron chi connectivity index (χ2n) is 5.25. The van der Waals surface area contributed by atoms with Crippen LogP contribution in [0.4, 0.5) is 4.79 Å². The molecule has 1 N–H and O–H groups in total. The summed E-state index contributed by atoms with van der Waals surface area (Å²) in [4.78, 5) is 35.4. The highest BCUT2D eigenvalue weighted by molar-refractivity contribution is 8.18. The topological polar surface area (TPSA) is 81.7 Å². The lowest BCUT2D eigenvalue weighted by Gasteiger charge is -2.11. The van der Waals surface area contributed by atoms with Gasteiger partial charge < -0.3 is 9.47 Å². The molecule has 1 heterocycles. The highest BCUT2D eigenvalue weighted by Gasteiger charge is 2.25. The third-order valence-corrected chi connectivity index (χ3v) is 4.23. The van der Waals surface area contributed by atoms with Crippen LogP contribution in [0, 0.1) is 0 Å². The molecular weight excluding hydrogens is 354 g/mol. The number of imide groups is 1. The van der Waals surface area contributed by atoms with Gasteiger partial charge in [0.05, 0.1) is 17.1 Å². The second-order valence-corrected chi connectivity index (χ2v) is 6.26. The first kappa shape index (κ1) is 17.8. The van der Waals surface area contributed by atoms with Gasteiger partial charge in [-0.15, -0.1) is 0 Å². The lowest BCUT2D eigenvalue weighted by atomic mass is 10.1. The summed E-state index contributed by atoms with van der Waals surface area (Å²) >= 11 is 0.835. The molecule has 0 saturated carbocycles.